The van der Waals surface area contributed by atoms with Crippen molar-refractivity contribution >= 4 is 0 Å². The molecule has 0 saturated carbocycles. The Bertz CT molecular complexity index is 882. The van der Waals surface area contributed by atoms with Gasteiger partial charge in [0.05, 0.1) is 5.76 Å². The van der Waals surface area contributed by atoms with Crippen molar-refractivity contribution in [3.63, 3.8) is 0 Å². The van der Waals surface area contributed by atoms with Gasteiger partial charge in [-0.2, -0.15) is 0 Å². The minimum Gasteiger partial charge on any atom is -0.512 e. The fraction of sp³-hybridized carbons (Fsp3) is 0.333. The van der Waals surface area contributed by atoms with E-state index in [9.17, 15) is 15.3 Å². The van der Waals surface area contributed by atoms with Crippen molar-refractivity contribution in [3.05, 3.63) is 81.6 Å². The molecule has 4 N–H and O–H groups in total. The summed E-state index contributed by atoms with van der Waals surface area (Å²) in [6.45, 7) is 8.88. The smallest absolute Gasteiger partial charge is 0.122 e. The molecule has 0 atom stereocenters. The lowest BCUT2D eigenvalue weighted by molar-refractivity contribution is 0.379. The lowest BCUT2D eigenvalue weighted by atomic mass is 9.97. The van der Waals surface area contributed by atoms with Crippen LogP contribution < -0.4 is 5.32 Å². The van der Waals surface area contributed by atoms with Gasteiger partial charge in [0.1, 0.15) is 11.5 Å². The van der Waals surface area contributed by atoms with Crippen molar-refractivity contribution in [2.75, 3.05) is 6.54 Å². The summed E-state index contributed by atoms with van der Waals surface area (Å²) in [4.78, 5) is 0. The number of aromatic hydroxyl groups is 2. The summed E-state index contributed by atoms with van der Waals surface area (Å²) >= 11 is 0. The van der Waals surface area contributed by atoms with E-state index in [2.05, 4.69) is 5.32 Å². The molecular weight excluding hydrogens is 350 g/mol. The maximum atomic E-state index is 10.5. The number of benzene rings is 2. The van der Waals surface area contributed by atoms with Crippen molar-refractivity contribution in [3.8, 4) is 11.5 Å². The third kappa shape index (κ3) is 5.64. The molecule has 150 valence electrons. The van der Waals surface area contributed by atoms with Crippen LogP contribution in [0.25, 0.3) is 0 Å². The lowest BCUT2D eigenvalue weighted by Gasteiger charge is -2.13. The molecule has 0 aromatic heterocycles. The second-order valence-electron chi connectivity index (χ2n) is 7.24. The zero-order valence-electron chi connectivity index (χ0n) is 17.2. The van der Waals surface area contributed by atoms with Gasteiger partial charge in [-0.15, -0.1) is 0 Å². The summed E-state index contributed by atoms with van der Waals surface area (Å²) in [5.74, 6) is 0.942. The number of aryl methyl sites for hydroxylation is 2. The van der Waals surface area contributed by atoms with E-state index < -0.39 is 0 Å². The predicted molar refractivity (Wildman–Crippen MR) is 115 cm³/mol. The van der Waals surface area contributed by atoms with Crippen LogP contribution in [-0.4, -0.2) is 21.9 Å². The van der Waals surface area contributed by atoms with E-state index in [1.54, 1.807) is 0 Å². The summed E-state index contributed by atoms with van der Waals surface area (Å²) in [5, 5.41) is 34.1. The van der Waals surface area contributed by atoms with Gasteiger partial charge in [0, 0.05) is 25.9 Å². The van der Waals surface area contributed by atoms with Gasteiger partial charge in [-0.3, -0.25) is 0 Å². The molecule has 0 unspecified atom stereocenters. The van der Waals surface area contributed by atoms with Crippen LogP contribution in [0.15, 0.2) is 53.8 Å². The number of hydrogen-bond donors (Lipinski definition) is 4. The zero-order valence-corrected chi connectivity index (χ0v) is 17.2. The minimum absolute atomic E-state index is 0.271. The fourth-order valence-corrected chi connectivity index (χ4v) is 3.22. The summed E-state index contributed by atoms with van der Waals surface area (Å²) in [6, 6.07) is 9.59. The molecule has 0 heterocycles. The van der Waals surface area contributed by atoms with Crippen LogP contribution in [0.5, 0.6) is 11.5 Å². The number of phenols is 2. The van der Waals surface area contributed by atoms with E-state index in [0.29, 0.717) is 31.7 Å². The Kier molecular flexibility index (Phi) is 7.70. The Morgan fingerprint density at radius 3 is 2.46 bits per heavy atom. The van der Waals surface area contributed by atoms with E-state index in [-0.39, 0.29) is 11.5 Å². The van der Waals surface area contributed by atoms with Crippen LogP contribution in [0.1, 0.15) is 48.1 Å². The van der Waals surface area contributed by atoms with E-state index in [4.69, 9.17) is 0 Å². The SMILES string of the molecule is C/C=C\C(C)=C(\O)CCNCc1cc(C)c(O)c(Cc2cccc(C)c2O)c1. The molecular formula is C24H31NO3. The zero-order chi connectivity index (χ0) is 20.7. The van der Waals surface area contributed by atoms with Crippen molar-refractivity contribution in [1.82, 2.24) is 5.32 Å². The Hall–Kier alpha value is -2.72. The van der Waals surface area contributed by atoms with E-state index >= 15 is 0 Å². The standard InChI is InChI=1S/C24H31NO3/c1-5-7-16(2)22(26)10-11-25-15-19-12-18(4)24(28)21(13-19)14-20-9-6-8-17(3)23(20)27/h5-9,12-13,25-28H,10-11,14-15H2,1-4H3/b7-5-,22-16+. The summed E-state index contributed by atoms with van der Waals surface area (Å²) in [5.41, 5.74) is 5.18. The fourth-order valence-electron chi connectivity index (χ4n) is 3.22. The first-order valence-corrected chi connectivity index (χ1v) is 9.64. The normalized spacial score (nSPS) is 12.4. The third-order valence-electron chi connectivity index (χ3n) is 4.88. The van der Waals surface area contributed by atoms with Crippen molar-refractivity contribution < 1.29 is 15.3 Å². The average molecular weight is 382 g/mol. The van der Waals surface area contributed by atoms with Crippen LogP contribution in [0, 0.1) is 13.8 Å². The highest BCUT2D eigenvalue weighted by Gasteiger charge is 2.11. The molecule has 0 spiro atoms. The second-order valence-corrected chi connectivity index (χ2v) is 7.24. The van der Waals surface area contributed by atoms with Gasteiger partial charge < -0.3 is 20.6 Å². The molecule has 0 amide bonds. The maximum Gasteiger partial charge on any atom is 0.122 e. The molecule has 4 heteroatoms. The Morgan fingerprint density at radius 1 is 1.04 bits per heavy atom. The molecule has 0 fully saturated rings. The van der Waals surface area contributed by atoms with Gasteiger partial charge >= 0.3 is 0 Å². The van der Waals surface area contributed by atoms with Gasteiger partial charge in [0.15, 0.2) is 0 Å². The highest BCUT2D eigenvalue weighted by atomic mass is 16.3. The monoisotopic (exact) mass is 381 g/mol. The number of aliphatic hydroxyl groups is 1. The van der Waals surface area contributed by atoms with Gasteiger partial charge in [0.2, 0.25) is 0 Å². The quantitative estimate of drug-likeness (QED) is 0.288. The summed E-state index contributed by atoms with van der Waals surface area (Å²) < 4.78 is 0. The van der Waals surface area contributed by atoms with E-state index in [0.717, 1.165) is 33.4 Å². The first kappa shape index (κ1) is 21.6. The molecule has 0 aliphatic rings. The first-order valence-electron chi connectivity index (χ1n) is 9.64. The number of aliphatic hydroxyl groups excluding tert-OH is 1. The number of para-hydroxylation sites is 1. The topological polar surface area (TPSA) is 72.7 Å². The Labute approximate surface area is 167 Å². The average Bonchev–Trinajstić information content (AvgIpc) is 2.66. The van der Waals surface area contributed by atoms with E-state index in [1.807, 2.05) is 70.2 Å². The summed E-state index contributed by atoms with van der Waals surface area (Å²) in [7, 11) is 0. The highest BCUT2D eigenvalue weighted by molar-refractivity contribution is 5.48. The van der Waals surface area contributed by atoms with Gasteiger partial charge in [-0.05, 0) is 61.1 Å². The van der Waals surface area contributed by atoms with Crippen LogP contribution >= 0.6 is 0 Å². The number of allylic oxidation sites excluding steroid dienone is 3. The molecule has 2 aromatic rings. The van der Waals surface area contributed by atoms with Gasteiger partial charge in [0.25, 0.3) is 0 Å². The molecule has 2 rings (SSSR count). The third-order valence-corrected chi connectivity index (χ3v) is 4.88. The predicted octanol–water partition coefficient (Wildman–Crippen LogP) is 5.19. The lowest BCUT2D eigenvalue weighted by Crippen LogP contribution is -2.16. The number of phenolic OH excluding ortho intramolecular Hbond substituents is 2. The van der Waals surface area contributed by atoms with E-state index in [1.165, 1.54) is 0 Å². The second kappa shape index (κ2) is 10.00. The molecule has 4 nitrogen and oxygen atoms in total. The molecule has 28 heavy (non-hydrogen) atoms. The Balaban J connectivity index is 2.07. The van der Waals surface area contributed by atoms with Crippen LogP contribution in [0.3, 0.4) is 0 Å². The number of nitrogens with one attached hydrogen (secondary N) is 1. The van der Waals surface area contributed by atoms with Crippen LogP contribution in [0.4, 0.5) is 0 Å². The highest BCUT2D eigenvalue weighted by Crippen LogP contribution is 2.30. The van der Waals surface area contributed by atoms with Crippen molar-refractivity contribution in [1.29, 1.82) is 0 Å². The largest absolute Gasteiger partial charge is 0.512 e. The number of hydrogen-bond acceptors (Lipinski definition) is 4. The van der Waals surface area contributed by atoms with Gasteiger partial charge in [-0.1, -0.05) is 42.5 Å². The summed E-state index contributed by atoms with van der Waals surface area (Å²) in [6.07, 6.45) is 4.84. The maximum absolute atomic E-state index is 10.5. The molecule has 0 saturated heterocycles. The first-order chi connectivity index (χ1) is 13.3. The van der Waals surface area contributed by atoms with Crippen LogP contribution in [0.2, 0.25) is 0 Å². The molecule has 0 aliphatic carbocycles. The minimum atomic E-state index is 0.271. The van der Waals surface area contributed by atoms with Crippen LogP contribution in [-0.2, 0) is 13.0 Å². The molecule has 2 aromatic carbocycles. The van der Waals surface area contributed by atoms with Gasteiger partial charge in [-0.25, -0.2) is 0 Å². The Morgan fingerprint density at radius 2 is 1.75 bits per heavy atom. The van der Waals surface area contributed by atoms with Crippen molar-refractivity contribution in [2.24, 2.45) is 0 Å². The number of rotatable bonds is 8. The molecule has 0 radical (unpaired) electrons. The molecule has 0 aliphatic heterocycles. The molecule has 0 bridgehead atoms. The van der Waals surface area contributed by atoms with Crippen molar-refractivity contribution in [2.45, 2.75) is 47.1 Å².